The molecule has 0 spiro atoms. The van der Waals surface area contributed by atoms with Crippen molar-refractivity contribution in [1.82, 2.24) is 0 Å². The summed E-state index contributed by atoms with van der Waals surface area (Å²) in [5.74, 6) is 0. The van der Waals surface area contributed by atoms with Crippen LogP contribution in [-0.4, -0.2) is 62.1 Å². The van der Waals surface area contributed by atoms with Crippen LogP contribution in [0.2, 0.25) is 0 Å². The lowest BCUT2D eigenvalue weighted by molar-refractivity contribution is 0.276. The quantitative estimate of drug-likeness (QED) is 0.194. The first-order valence-electron chi connectivity index (χ1n) is 1.55. The molecule has 0 heterocycles. The Kier molecular flexibility index (Phi) is 20.3. The molecule has 0 aliphatic rings. The molecule has 51 valence electrons. The predicted octanol–water partition coefficient (Wildman–Crippen LogP) is -4.48. The van der Waals surface area contributed by atoms with Crippen LogP contribution in [0.25, 0.3) is 0 Å². The van der Waals surface area contributed by atoms with Crippen LogP contribution in [0.3, 0.4) is 0 Å². The molecule has 6 N–H and O–H groups in total. The maximum absolute atomic E-state index is 7.17. The summed E-state index contributed by atoms with van der Waals surface area (Å²) in [7, 11) is -4.33. The standard InChI is InChI=1S/Al.2BH3O3/c;2*2-1(3)4/h;2*2-4H. The van der Waals surface area contributed by atoms with Gasteiger partial charge in [0.15, 0.2) is 0 Å². The number of hydrogen-bond acceptors (Lipinski definition) is 6. The Labute approximate surface area is 62.9 Å². The summed E-state index contributed by atoms with van der Waals surface area (Å²) in [4.78, 5) is 0. The Morgan fingerprint density at radius 3 is 0.556 bits per heavy atom. The predicted molar refractivity (Wildman–Crippen MR) is 30.6 cm³/mol. The molecular weight excluding hydrogens is 145 g/mol. The Bertz CT molecular complexity index is 26.5. The fourth-order valence-electron chi connectivity index (χ4n) is 0. The first-order valence-corrected chi connectivity index (χ1v) is 1.55. The first-order chi connectivity index (χ1) is 3.46. The van der Waals surface area contributed by atoms with Crippen LogP contribution >= 0.6 is 0 Å². The van der Waals surface area contributed by atoms with Gasteiger partial charge in [-0.2, -0.15) is 0 Å². The topological polar surface area (TPSA) is 121 Å². The lowest BCUT2D eigenvalue weighted by Crippen LogP contribution is -2.07. The van der Waals surface area contributed by atoms with E-state index in [9.17, 15) is 0 Å². The van der Waals surface area contributed by atoms with E-state index in [1.165, 1.54) is 0 Å². The minimum atomic E-state index is -2.17. The van der Waals surface area contributed by atoms with E-state index in [4.69, 9.17) is 30.1 Å². The summed E-state index contributed by atoms with van der Waals surface area (Å²) in [6, 6.07) is 0. The number of hydrogen-bond donors (Lipinski definition) is 6. The van der Waals surface area contributed by atoms with E-state index in [0.29, 0.717) is 0 Å². The summed E-state index contributed by atoms with van der Waals surface area (Å²) in [5, 5.41) is 43.0. The highest BCUT2D eigenvalue weighted by atomic mass is 27.0. The zero-order valence-corrected chi connectivity index (χ0v) is 5.57. The van der Waals surface area contributed by atoms with Gasteiger partial charge in [0.05, 0.1) is 0 Å². The maximum atomic E-state index is 7.17. The molecule has 0 saturated heterocycles. The van der Waals surface area contributed by atoms with Crippen LogP contribution in [0.5, 0.6) is 0 Å². The average molecular weight is 151 g/mol. The van der Waals surface area contributed by atoms with Gasteiger partial charge in [0.25, 0.3) is 0 Å². The van der Waals surface area contributed by atoms with Crippen molar-refractivity contribution in [3.63, 3.8) is 0 Å². The largest absolute Gasteiger partial charge is 0.631 e. The molecule has 0 amide bonds. The van der Waals surface area contributed by atoms with E-state index < -0.39 is 14.6 Å². The molecule has 0 aromatic heterocycles. The van der Waals surface area contributed by atoms with E-state index in [0.717, 1.165) is 0 Å². The van der Waals surface area contributed by atoms with E-state index in [-0.39, 0.29) is 17.4 Å². The van der Waals surface area contributed by atoms with Crippen LogP contribution < -0.4 is 0 Å². The van der Waals surface area contributed by atoms with Gasteiger partial charge in [0.1, 0.15) is 0 Å². The van der Waals surface area contributed by atoms with Gasteiger partial charge in [0.2, 0.25) is 0 Å². The van der Waals surface area contributed by atoms with Crippen LogP contribution in [0.1, 0.15) is 0 Å². The molecule has 0 aromatic rings. The molecule has 9 heteroatoms. The van der Waals surface area contributed by atoms with Gasteiger partial charge in [-0.25, -0.2) is 0 Å². The van der Waals surface area contributed by atoms with Crippen molar-refractivity contribution < 1.29 is 30.1 Å². The van der Waals surface area contributed by atoms with Crippen LogP contribution in [0.15, 0.2) is 0 Å². The second kappa shape index (κ2) is 11.2. The van der Waals surface area contributed by atoms with Gasteiger partial charge in [-0.3, -0.25) is 0 Å². The molecular formula is H6AlB2O6. The van der Waals surface area contributed by atoms with Crippen molar-refractivity contribution in [1.29, 1.82) is 0 Å². The number of rotatable bonds is 0. The van der Waals surface area contributed by atoms with Crippen LogP contribution in [0.4, 0.5) is 0 Å². The smallest absolute Gasteiger partial charge is 0.402 e. The molecule has 3 radical (unpaired) electrons. The van der Waals surface area contributed by atoms with Crippen molar-refractivity contribution >= 4 is 32.0 Å². The van der Waals surface area contributed by atoms with Crippen molar-refractivity contribution in [2.45, 2.75) is 0 Å². The fraction of sp³-hybridized carbons (Fsp3) is 0. The minimum absolute atomic E-state index is 0. The minimum Gasteiger partial charge on any atom is -0.402 e. The lowest BCUT2D eigenvalue weighted by Gasteiger charge is -1.69. The van der Waals surface area contributed by atoms with Gasteiger partial charge < -0.3 is 30.1 Å². The summed E-state index contributed by atoms with van der Waals surface area (Å²) < 4.78 is 0. The summed E-state index contributed by atoms with van der Waals surface area (Å²) in [6.45, 7) is 0. The third-order valence-electron chi connectivity index (χ3n) is 0. The zero-order chi connectivity index (χ0) is 7.15. The van der Waals surface area contributed by atoms with Crippen molar-refractivity contribution in [3.05, 3.63) is 0 Å². The van der Waals surface area contributed by atoms with Gasteiger partial charge in [0, 0.05) is 17.4 Å². The Morgan fingerprint density at radius 2 is 0.556 bits per heavy atom. The Hall–Kier alpha value is 0.422. The third kappa shape index (κ3) is 1950. The Balaban J connectivity index is -0.0000000720. The van der Waals surface area contributed by atoms with E-state index >= 15 is 0 Å². The molecule has 0 fully saturated rings. The molecule has 0 aliphatic heterocycles. The van der Waals surface area contributed by atoms with E-state index in [1.54, 1.807) is 0 Å². The van der Waals surface area contributed by atoms with Crippen molar-refractivity contribution in [3.8, 4) is 0 Å². The molecule has 0 bridgehead atoms. The second-order valence-corrected chi connectivity index (χ2v) is 0.693. The molecule has 0 saturated carbocycles. The molecule has 0 atom stereocenters. The van der Waals surface area contributed by atoms with Crippen molar-refractivity contribution in [2.24, 2.45) is 0 Å². The lowest BCUT2D eigenvalue weighted by atomic mass is 10.3. The average Bonchev–Trinajstić information content (AvgIpc) is 1.25. The zero-order valence-electron chi connectivity index (χ0n) is 4.42. The van der Waals surface area contributed by atoms with Gasteiger partial charge >= 0.3 is 14.6 Å². The molecule has 9 heavy (non-hydrogen) atoms. The summed E-state index contributed by atoms with van der Waals surface area (Å²) in [5.41, 5.74) is 0. The second-order valence-electron chi connectivity index (χ2n) is 0.693. The molecule has 6 nitrogen and oxygen atoms in total. The fourth-order valence-corrected chi connectivity index (χ4v) is 0. The highest BCUT2D eigenvalue weighted by molar-refractivity contribution is 6.30. The molecule has 0 unspecified atom stereocenters. The molecule has 0 aliphatic carbocycles. The van der Waals surface area contributed by atoms with Gasteiger partial charge in [-0.05, 0) is 0 Å². The highest BCUT2D eigenvalue weighted by Gasteiger charge is 1.93. The summed E-state index contributed by atoms with van der Waals surface area (Å²) >= 11 is 0. The monoisotopic (exact) mass is 151 g/mol. The molecule has 0 rings (SSSR count). The normalized spacial score (nSPS) is 6.00. The van der Waals surface area contributed by atoms with Crippen molar-refractivity contribution in [2.75, 3.05) is 0 Å². The SMILES string of the molecule is OB(O)O.OB(O)O.[Al]. The third-order valence-corrected chi connectivity index (χ3v) is 0. The maximum Gasteiger partial charge on any atom is 0.631 e. The van der Waals surface area contributed by atoms with E-state index in [2.05, 4.69) is 0 Å². The van der Waals surface area contributed by atoms with Gasteiger partial charge in [-0.15, -0.1) is 0 Å². The van der Waals surface area contributed by atoms with Gasteiger partial charge in [-0.1, -0.05) is 0 Å². The first kappa shape index (κ1) is 16.2. The van der Waals surface area contributed by atoms with E-state index in [1.807, 2.05) is 0 Å². The Morgan fingerprint density at radius 1 is 0.556 bits per heavy atom. The highest BCUT2D eigenvalue weighted by Crippen LogP contribution is 1.40. The van der Waals surface area contributed by atoms with Crippen LogP contribution in [-0.2, 0) is 0 Å². The molecule has 0 aromatic carbocycles. The van der Waals surface area contributed by atoms with Crippen LogP contribution in [0, 0.1) is 0 Å². The summed E-state index contributed by atoms with van der Waals surface area (Å²) in [6.07, 6.45) is 0.